The molecule has 0 unspecified atom stereocenters. The number of nitrogens with one attached hydrogen (secondary N) is 1. The van der Waals surface area contributed by atoms with Crippen LogP contribution >= 0.6 is 0 Å². The van der Waals surface area contributed by atoms with Crippen LogP contribution in [0.3, 0.4) is 0 Å². The lowest BCUT2D eigenvalue weighted by atomic mass is 10.2. The summed E-state index contributed by atoms with van der Waals surface area (Å²) in [5.41, 5.74) is 1.14. The maximum atomic E-state index is 5.57. The minimum absolute atomic E-state index is 0.426. The van der Waals surface area contributed by atoms with Gasteiger partial charge in [0, 0.05) is 18.3 Å². The molecular formula is C15H20N2O2. The van der Waals surface area contributed by atoms with Crippen LogP contribution < -0.4 is 10.1 Å². The maximum absolute atomic E-state index is 5.57. The summed E-state index contributed by atoms with van der Waals surface area (Å²) in [7, 11) is 0. The third kappa shape index (κ3) is 4.75. The maximum Gasteiger partial charge on any atom is 0.146 e. The molecule has 0 aliphatic heterocycles. The molecule has 0 amide bonds. The standard InChI is InChI=1S/C15H20N2O2/c1-12(2)7-17-8-13-6-15(18-10-13)11-19-14-4-3-5-16-9-14/h3-6,9-10,12,17H,7-8,11H2,1-2H3. The Labute approximate surface area is 113 Å². The van der Waals surface area contributed by atoms with Gasteiger partial charge in [-0.3, -0.25) is 4.98 Å². The molecule has 4 nitrogen and oxygen atoms in total. The Kier molecular flexibility index (Phi) is 4.98. The zero-order chi connectivity index (χ0) is 13.5. The van der Waals surface area contributed by atoms with Crippen LogP contribution in [-0.4, -0.2) is 11.5 Å². The summed E-state index contributed by atoms with van der Waals surface area (Å²) in [5, 5.41) is 3.38. The summed E-state index contributed by atoms with van der Waals surface area (Å²) in [6, 6.07) is 5.74. The Morgan fingerprint density at radius 3 is 3.05 bits per heavy atom. The lowest BCUT2D eigenvalue weighted by molar-refractivity contribution is 0.269. The van der Waals surface area contributed by atoms with Gasteiger partial charge in [-0.25, -0.2) is 0 Å². The average molecular weight is 260 g/mol. The quantitative estimate of drug-likeness (QED) is 0.831. The van der Waals surface area contributed by atoms with E-state index in [9.17, 15) is 0 Å². The summed E-state index contributed by atoms with van der Waals surface area (Å²) < 4.78 is 11.0. The third-order valence-electron chi connectivity index (χ3n) is 2.61. The van der Waals surface area contributed by atoms with Crippen molar-refractivity contribution in [3.05, 3.63) is 48.2 Å². The van der Waals surface area contributed by atoms with Gasteiger partial charge in [0.2, 0.25) is 0 Å². The predicted molar refractivity (Wildman–Crippen MR) is 73.8 cm³/mol. The van der Waals surface area contributed by atoms with Gasteiger partial charge in [0.15, 0.2) is 0 Å². The molecule has 0 aliphatic carbocycles. The minimum Gasteiger partial charge on any atom is -0.484 e. The number of furan rings is 1. The highest BCUT2D eigenvalue weighted by molar-refractivity contribution is 5.17. The Bertz CT molecular complexity index is 480. The first kappa shape index (κ1) is 13.6. The summed E-state index contributed by atoms with van der Waals surface area (Å²) >= 11 is 0. The highest BCUT2D eigenvalue weighted by Crippen LogP contribution is 2.12. The van der Waals surface area contributed by atoms with Crippen LogP contribution in [0.5, 0.6) is 5.75 Å². The number of pyridine rings is 1. The van der Waals surface area contributed by atoms with Gasteiger partial charge in [-0.1, -0.05) is 13.8 Å². The second-order valence-corrected chi connectivity index (χ2v) is 4.92. The first-order valence-corrected chi connectivity index (χ1v) is 6.54. The van der Waals surface area contributed by atoms with E-state index >= 15 is 0 Å². The normalized spacial score (nSPS) is 10.9. The molecule has 0 fully saturated rings. The van der Waals surface area contributed by atoms with Crippen molar-refractivity contribution in [2.75, 3.05) is 6.54 Å². The van der Waals surface area contributed by atoms with Gasteiger partial charge in [0.1, 0.15) is 18.1 Å². The summed E-state index contributed by atoms with van der Waals surface area (Å²) in [6.07, 6.45) is 5.18. The van der Waals surface area contributed by atoms with Crippen LogP contribution in [0.25, 0.3) is 0 Å². The van der Waals surface area contributed by atoms with Crippen LogP contribution in [-0.2, 0) is 13.2 Å². The van der Waals surface area contributed by atoms with Crippen LogP contribution in [0.4, 0.5) is 0 Å². The number of nitrogens with zero attached hydrogens (tertiary/aromatic N) is 1. The minimum atomic E-state index is 0.426. The van der Waals surface area contributed by atoms with E-state index in [0.29, 0.717) is 12.5 Å². The van der Waals surface area contributed by atoms with E-state index < -0.39 is 0 Å². The monoisotopic (exact) mass is 260 g/mol. The Morgan fingerprint density at radius 1 is 1.42 bits per heavy atom. The smallest absolute Gasteiger partial charge is 0.146 e. The fourth-order valence-corrected chi connectivity index (χ4v) is 1.69. The van der Waals surface area contributed by atoms with Gasteiger partial charge in [0.25, 0.3) is 0 Å². The molecule has 1 N–H and O–H groups in total. The van der Waals surface area contributed by atoms with Gasteiger partial charge in [-0.05, 0) is 30.7 Å². The van der Waals surface area contributed by atoms with E-state index in [2.05, 4.69) is 24.1 Å². The molecule has 0 radical (unpaired) electrons. The topological polar surface area (TPSA) is 47.3 Å². The molecule has 2 rings (SSSR count). The van der Waals surface area contributed by atoms with Crippen molar-refractivity contribution in [2.24, 2.45) is 5.92 Å². The number of ether oxygens (including phenoxy) is 1. The summed E-state index contributed by atoms with van der Waals surface area (Å²) in [5.74, 6) is 2.23. The molecule has 102 valence electrons. The molecule has 0 saturated carbocycles. The van der Waals surface area contributed by atoms with Crippen molar-refractivity contribution in [3.63, 3.8) is 0 Å². The Hall–Kier alpha value is -1.81. The number of aromatic nitrogens is 1. The molecule has 0 bridgehead atoms. The SMILES string of the molecule is CC(C)CNCc1coc(COc2cccnc2)c1. The molecule has 0 aromatic carbocycles. The van der Waals surface area contributed by atoms with Crippen molar-refractivity contribution in [3.8, 4) is 5.75 Å². The second-order valence-electron chi connectivity index (χ2n) is 4.92. The summed E-state index contributed by atoms with van der Waals surface area (Å²) in [4.78, 5) is 3.99. The van der Waals surface area contributed by atoms with Crippen LogP contribution in [0.15, 0.2) is 41.3 Å². The van der Waals surface area contributed by atoms with E-state index in [0.717, 1.165) is 30.2 Å². The molecule has 19 heavy (non-hydrogen) atoms. The van der Waals surface area contributed by atoms with Crippen LogP contribution in [0.2, 0.25) is 0 Å². The zero-order valence-electron chi connectivity index (χ0n) is 11.4. The number of hydrogen-bond donors (Lipinski definition) is 1. The van der Waals surface area contributed by atoms with Gasteiger partial charge >= 0.3 is 0 Å². The molecule has 2 aromatic heterocycles. The molecule has 2 heterocycles. The van der Waals surface area contributed by atoms with E-state index in [1.165, 1.54) is 0 Å². The van der Waals surface area contributed by atoms with E-state index in [1.54, 1.807) is 18.7 Å². The number of rotatable bonds is 7. The van der Waals surface area contributed by atoms with Crippen LogP contribution in [0, 0.1) is 5.92 Å². The zero-order valence-corrected chi connectivity index (χ0v) is 11.4. The fourth-order valence-electron chi connectivity index (χ4n) is 1.69. The number of hydrogen-bond acceptors (Lipinski definition) is 4. The molecule has 0 aliphatic rings. The molecule has 0 spiro atoms. The second kappa shape index (κ2) is 6.95. The average Bonchev–Trinajstić information content (AvgIpc) is 2.85. The van der Waals surface area contributed by atoms with Crippen molar-refractivity contribution in [1.29, 1.82) is 0 Å². The van der Waals surface area contributed by atoms with E-state index in [1.807, 2.05) is 18.2 Å². The van der Waals surface area contributed by atoms with Crippen molar-refractivity contribution >= 4 is 0 Å². The third-order valence-corrected chi connectivity index (χ3v) is 2.61. The molecule has 2 aromatic rings. The molecule has 0 saturated heterocycles. The van der Waals surface area contributed by atoms with Gasteiger partial charge < -0.3 is 14.5 Å². The first-order valence-electron chi connectivity index (χ1n) is 6.54. The van der Waals surface area contributed by atoms with Crippen molar-refractivity contribution in [1.82, 2.24) is 10.3 Å². The van der Waals surface area contributed by atoms with E-state index in [-0.39, 0.29) is 0 Å². The lowest BCUT2D eigenvalue weighted by Gasteiger charge is -2.04. The van der Waals surface area contributed by atoms with Crippen molar-refractivity contribution < 1.29 is 9.15 Å². The van der Waals surface area contributed by atoms with Gasteiger partial charge in [-0.2, -0.15) is 0 Å². The van der Waals surface area contributed by atoms with Gasteiger partial charge in [-0.15, -0.1) is 0 Å². The predicted octanol–water partition coefficient (Wildman–Crippen LogP) is 3.00. The largest absolute Gasteiger partial charge is 0.484 e. The van der Waals surface area contributed by atoms with Crippen LogP contribution in [0.1, 0.15) is 25.2 Å². The molecule has 4 heteroatoms. The lowest BCUT2D eigenvalue weighted by Crippen LogP contribution is -2.18. The van der Waals surface area contributed by atoms with Crippen molar-refractivity contribution in [2.45, 2.75) is 27.0 Å². The first-order chi connectivity index (χ1) is 9.24. The Morgan fingerprint density at radius 2 is 2.32 bits per heavy atom. The fraction of sp³-hybridized carbons (Fsp3) is 0.400. The molecule has 0 atom stereocenters. The Balaban J connectivity index is 1.77. The summed E-state index contributed by atoms with van der Waals surface area (Å²) in [6.45, 7) is 6.64. The molecular weight excluding hydrogens is 240 g/mol. The van der Waals surface area contributed by atoms with E-state index in [4.69, 9.17) is 9.15 Å². The highest BCUT2D eigenvalue weighted by atomic mass is 16.5. The van der Waals surface area contributed by atoms with Gasteiger partial charge in [0.05, 0.1) is 12.5 Å². The highest BCUT2D eigenvalue weighted by Gasteiger charge is 2.03.